The molecule has 8 heteroatoms. The van der Waals surface area contributed by atoms with Crippen molar-refractivity contribution < 1.29 is 9.18 Å². The Hall–Kier alpha value is -2.21. The molecule has 0 bridgehead atoms. The molecule has 0 radical (unpaired) electrons. The smallest absolute Gasteiger partial charge is 0.228 e. The molecule has 0 aliphatic carbocycles. The summed E-state index contributed by atoms with van der Waals surface area (Å²) in [4.78, 5) is 12.7. The van der Waals surface area contributed by atoms with Crippen molar-refractivity contribution in [3.63, 3.8) is 0 Å². The number of nitrogens with zero attached hydrogens (tertiary/aromatic N) is 2. The van der Waals surface area contributed by atoms with Crippen molar-refractivity contribution in [2.24, 2.45) is 5.92 Å². The summed E-state index contributed by atoms with van der Waals surface area (Å²) >= 11 is 0. The van der Waals surface area contributed by atoms with Gasteiger partial charge in [-0.05, 0) is 56.6 Å². The van der Waals surface area contributed by atoms with Crippen molar-refractivity contribution in [3.05, 3.63) is 30.1 Å². The number of hydrogen-bond donors (Lipinski definition) is 4. The van der Waals surface area contributed by atoms with Gasteiger partial charge in [0, 0.05) is 18.3 Å². The van der Waals surface area contributed by atoms with E-state index in [1.807, 2.05) is 0 Å². The third-order valence-corrected chi connectivity index (χ3v) is 6.05. The maximum Gasteiger partial charge on any atom is 0.228 e. The molecule has 1 aromatic rings. The SMILES string of the molecule is N#CCC1(N2NC(Nc3ccc(F)cc3)C3C(=O)NCCC32)CCNCC1. The predicted octanol–water partition coefficient (Wildman–Crippen LogP) is 0.924. The van der Waals surface area contributed by atoms with Gasteiger partial charge in [0.25, 0.3) is 0 Å². The number of halogens is 1. The van der Waals surface area contributed by atoms with E-state index < -0.39 is 0 Å². The number of hydrazine groups is 1. The molecular weight excluding hydrogens is 347 g/mol. The molecule has 3 aliphatic rings. The Morgan fingerprint density at radius 2 is 2.00 bits per heavy atom. The topological polar surface area (TPSA) is 92.2 Å². The maximum atomic E-state index is 13.2. The van der Waals surface area contributed by atoms with Gasteiger partial charge in [0.05, 0.1) is 23.9 Å². The summed E-state index contributed by atoms with van der Waals surface area (Å²) in [5.41, 5.74) is 3.99. The Balaban J connectivity index is 1.62. The second kappa shape index (κ2) is 7.43. The van der Waals surface area contributed by atoms with Crippen LogP contribution in [0.1, 0.15) is 25.7 Å². The monoisotopic (exact) mass is 372 g/mol. The normalized spacial score (nSPS) is 30.2. The summed E-state index contributed by atoms with van der Waals surface area (Å²) < 4.78 is 13.2. The van der Waals surface area contributed by atoms with Crippen molar-refractivity contribution in [2.75, 3.05) is 25.0 Å². The molecule has 3 heterocycles. The van der Waals surface area contributed by atoms with Crippen LogP contribution in [0.5, 0.6) is 0 Å². The number of carbonyl (C=O) groups is 1. The van der Waals surface area contributed by atoms with Gasteiger partial charge in [-0.3, -0.25) is 4.79 Å². The quantitative estimate of drug-likeness (QED) is 0.628. The Morgan fingerprint density at radius 3 is 2.70 bits per heavy atom. The second-order valence-electron chi connectivity index (χ2n) is 7.61. The van der Waals surface area contributed by atoms with Gasteiger partial charge in [-0.1, -0.05) is 0 Å². The predicted molar refractivity (Wildman–Crippen MR) is 98.8 cm³/mol. The lowest BCUT2D eigenvalue weighted by molar-refractivity contribution is -0.128. The summed E-state index contributed by atoms with van der Waals surface area (Å²) in [7, 11) is 0. The minimum Gasteiger partial charge on any atom is -0.368 e. The van der Waals surface area contributed by atoms with E-state index in [9.17, 15) is 14.4 Å². The summed E-state index contributed by atoms with van der Waals surface area (Å²) in [6.07, 6.45) is 2.69. The number of anilines is 1. The van der Waals surface area contributed by atoms with Crippen LogP contribution in [0.2, 0.25) is 0 Å². The van der Waals surface area contributed by atoms with Crippen molar-refractivity contribution in [1.82, 2.24) is 21.1 Å². The molecule has 4 N–H and O–H groups in total. The summed E-state index contributed by atoms with van der Waals surface area (Å²) in [5, 5.41) is 21.3. The van der Waals surface area contributed by atoms with Crippen molar-refractivity contribution in [3.8, 4) is 6.07 Å². The fourth-order valence-corrected chi connectivity index (χ4v) is 4.68. The molecule has 7 nitrogen and oxygen atoms in total. The van der Waals surface area contributed by atoms with Gasteiger partial charge in [0.15, 0.2) is 0 Å². The first-order valence-corrected chi connectivity index (χ1v) is 9.56. The van der Waals surface area contributed by atoms with E-state index in [0.29, 0.717) is 13.0 Å². The number of piperidine rings is 2. The number of amides is 1. The molecule has 1 aromatic carbocycles. The van der Waals surface area contributed by atoms with Crippen LogP contribution in [0, 0.1) is 23.1 Å². The minimum atomic E-state index is -0.300. The van der Waals surface area contributed by atoms with Gasteiger partial charge < -0.3 is 16.0 Å². The van der Waals surface area contributed by atoms with E-state index in [1.54, 1.807) is 12.1 Å². The Labute approximate surface area is 158 Å². The molecular formula is C19H25FN6O. The highest BCUT2D eigenvalue weighted by molar-refractivity contribution is 5.82. The number of nitriles is 1. The number of fused-ring (bicyclic) bond motifs is 1. The van der Waals surface area contributed by atoms with Gasteiger partial charge in [0.2, 0.25) is 5.91 Å². The first-order valence-electron chi connectivity index (χ1n) is 9.56. The van der Waals surface area contributed by atoms with Crippen LogP contribution >= 0.6 is 0 Å². The van der Waals surface area contributed by atoms with E-state index >= 15 is 0 Å². The van der Waals surface area contributed by atoms with E-state index in [0.717, 1.165) is 38.0 Å². The zero-order valence-corrected chi connectivity index (χ0v) is 15.2. The van der Waals surface area contributed by atoms with Crippen LogP contribution in [0.3, 0.4) is 0 Å². The fourth-order valence-electron chi connectivity index (χ4n) is 4.68. The van der Waals surface area contributed by atoms with Crippen LogP contribution in [0.15, 0.2) is 24.3 Å². The molecule has 0 spiro atoms. The maximum absolute atomic E-state index is 13.2. The van der Waals surface area contributed by atoms with E-state index in [2.05, 4.69) is 32.5 Å². The number of carbonyl (C=O) groups excluding carboxylic acids is 1. The largest absolute Gasteiger partial charge is 0.368 e. The number of benzene rings is 1. The number of rotatable bonds is 4. The summed E-state index contributed by atoms with van der Waals surface area (Å²) in [5.74, 6) is -0.548. The Morgan fingerprint density at radius 1 is 1.26 bits per heavy atom. The van der Waals surface area contributed by atoms with Gasteiger partial charge >= 0.3 is 0 Å². The lowest BCUT2D eigenvalue weighted by Gasteiger charge is -2.46. The number of nitrogens with one attached hydrogen (secondary N) is 4. The lowest BCUT2D eigenvalue weighted by atomic mass is 9.81. The highest BCUT2D eigenvalue weighted by Gasteiger charge is 2.54. The van der Waals surface area contributed by atoms with Crippen LogP contribution < -0.4 is 21.4 Å². The lowest BCUT2D eigenvalue weighted by Crippen LogP contribution is -2.61. The van der Waals surface area contributed by atoms with Crippen molar-refractivity contribution in [2.45, 2.75) is 43.4 Å². The van der Waals surface area contributed by atoms with Gasteiger partial charge in [0.1, 0.15) is 12.0 Å². The first-order chi connectivity index (χ1) is 13.1. The summed E-state index contributed by atoms with van der Waals surface area (Å²) in [6, 6.07) is 8.53. The van der Waals surface area contributed by atoms with E-state index in [4.69, 9.17) is 0 Å². The van der Waals surface area contributed by atoms with Crippen LogP contribution in [-0.4, -0.2) is 48.3 Å². The fraction of sp³-hybridized carbons (Fsp3) is 0.579. The van der Waals surface area contributed by atoms with Gasteiger partial charge in [-0.25, -0.2) is 14.8 Å². The molecule has 3 unspecified atom stereocenters. The van der Waals surface area contributed by atoms with Crippen LogP contribution in [0.4, 0.5) is 10.1 Å². The average molecular weight is 372 g/mol. The molecule has 3 fully saturated rings. The highest BCUT2D eigenvalue weighted by atomic mass is 19.1. The van der Waals surface area contributed by atoms with Crippen LogP contribution in [0.25, 0.3) is 0 Å². The molecule has 4 rings (SSSR count). The molecule has 0 saturated carbocycles. The minimum absolute atomic E-state index is 0.0157. The van der Waals surface area contributed by atoms with E-state index in [-0.39, 0.29) is 35.4 Å². The molecule has 1 amide bonds. The standard InChI is InChI=1S/C19H25FN6O/c20-13-1-3-14(4-2-13)24-17-16-15(5-10-23-18(16)27)26(25-17)19(6-9-21)7-11-22-12-8-19/h1-4,15-17,22,24-25H,5-8,10-12H2,(H,23,27). The Bertz CT molecular complexity index is 727. The zero-order chi connectivity index (χ0) is 18.9. The van der Waals surface area contributed by atoms with Crippen molar-refractivity contribution >= 4 is 11.6 Å². The first kappa shape index (κ1) is 18.2. The Kier molecular flexibility index (Phi) is 5.00. The van der Waals surface area contributed by atoms with Gasteiger partial charge in [-0.2, -0.15) is 5.26 Å². The van der Waals surface area contributed by atoms with Gasteiger partial charge in [-0.15, -0.1) is 0 Å². The molecule has 0 aromatic heterocycles. The van der Waals surface area contributed by atoms with E-state index in [1.165, 1.54) is 12.1 Å². The second-order valence-corrected chi connectivity index (χ2v) is 7.61. The zero-order valence-electron chi connectivity index (χ0n) is 15.2. The van der Waals surface area contributed by atoms with Crippen molar-refractivity contribution in [1.29, 1.82) is 5.26 Å². The third kappa shape index (κ3) is 3.38. The molecule has 3 aliphatic heterocycles. The molecule has 3 saturated heterocycles. The average Bonchev–Trinajstić information content (AvgIpc) is 3.05. The third-order valence-electron chi connectivity index (χ3n) is 6.05. The molecule has 27 heavy (non-hydrogen) atoms. The highest BCUT2D eigenvalue weighted by Crippen LogP contribution is 2.39. The molecule has 144 valence electrons. The summed E-state index contributed by atoms with van der Waals surface area (Å²) in [6.45, 7) is 2.36. The molecule has 3 atom stereocenters. The van der Waals surface area contributed by atoms with Crippen LogP contribution in [-0.2, 0) is 4.79 Å². The number of hydrogen-bond acceptors (Lipinski definition) is 6.